The van der Waals surface area contributed by atoms with Crippen molar-refractivity contribution in [2.24, 2.45) is 0 Å². The van der Waals surface area contributed by atoms with Crippen LogP contribution in [-0.4, -0.2) is 195 Å². The molecule has 3 fully saturated rings. The molecule has 0 bridgehead atoms. The summed E-state index contributed by atoms with van der Waals surface area (Å²) in [6.45, 7) is -2.67. The number of hydrogen-bond acceptors (Lipinski definition) is 20. The molecule has 3 saturated heterocycles. The third-order valence-electron chi connectivity index (χ3n) is 11.0. The summed E-state index contributed by atoms with van der Waals surface area (Å²) in [6.07, 6.45) is -23.6. The van der Waals surface area contributed by atoms with Gasteiger partial charge in [0.05, 0.1) is 43.6 Å². The second kappa shape index (κ2) is 20.9. The van der Waals surface area contributed by atoms with Gasteiger partial charge in [-0.15, -0.1) is 0 Å². The molecule has 0 aliphatic carbocycles. The van der Waals surface area contributed by atoms with Crippen molar-refractivity contribution in [1.29, 1.82) is 0 Å². The predicted octanol–water partition coefficient (Wildman–Crippen LogP) is -2.65. The smallest absolute Gasteiger partial charge is 0.338 e. The van der Waals surface area contributed by atoms with E-state index in [9.17, 15) is 60.0 Å². The molecule has 61 heavy (non-hydrogen) atoms. The zero-order valence-electron chi connectivity index (χ0n) is 32.9. The molecule has 21 nitrogen and oxygen atoms in total. The van der Waals surface area contributed by atoms with Crippen LogP contribution in [0.4, 0.5) is 0 Å². The summed E-state index contributed by atoms with van der Waals surface area (Å²) < 4.78 is 46.2. The Morgan fingerprint density at radius 3 is 1.82 bits per heavy atom. The number of benzene rings is 2. The third kappa shape index (κ3) is 9.95. The predicted molar refractivity (Wildman–Crippen MR) is 200 cm³/mol. The Kier molecular flexibility index (Phi) is 15.9. The molecule has 0 saturated carbocycles. The Labute approximate surface area is 348 Å². The van der Waals surface area contributed by atoms with Crippen LogP contribution in [0.15, 0.2) is 54.6 Å². The van der Waals surface area contributed by atoms with Crippen LogP contribution < -0.4 is 0 Å². The number of aliphatic hydroxyl groups is 8. The van der Waals surface area contributed by atoms with Gasteiger partial charge in [0.1, 0.15) is 67.1 Å². The monoisotopic (exact) mass is 865 g/mol. The van der Waals surface area contributed by atoms with Gasteiger partial charge in [0.2, 0.25) is 0 Å². The van der Waals surface area contributed by atoms with Crippen molar-refractivity contribution in [3.63, 3.8) is 0 Å². The number of methoxy groups -OCH3 is 1. The topological polar surface area (TPSA) is 307 Å². The lowest BCUT2D eigenvalue weighted by atomic mass is 9.94. The van der Waals surface area contributed by atoms with Gasteiger partial charge in [-0.3, -0.25) is 19.3 Å². The van der Waals surface area contributed by atoms with E-state index in [-0.39, 0.29) is 29.7 Å². The molecular formula is C40H51NO20. The highest BCUT2D eigenvalue weighted by molar-refractivity contribution is 6.21. The summed E-state index contributed by atoms with van der Waals surface area (Å²) >= 11 is 0. The van der Waals surface area contributed by atoms with Crippen LogP contribution in [0.1, 0.15) is 56.8 Å². The van der Waals surface area contributed by atoms with Crippen LogP contribution in [0.3, 0.4) is 0 Å². The molecule has 0 spiro atoms. The van der Waals surface area contributed by atoms with Crippen LogP contribution >= 0.6 is 0 Å². The lowest BCUT2D eigenvalue weighted by molar-refractivity contribution is -0.376. The number of imide groups is 1. The van der Waals surface area contributed by atoms with Gasteiger partial charge < -0.3 is 78.7 Å². The minimum atomic E-state index is -2.00. The van der Waals surface area contributed by atoms with E-state index >= 15 is 0 Å². The second-order valence-electron chi connectivity index (χ2n) is 14.8. The fourth-order valence-corrected chi connectivity index (χ4v) is 7.65. The number of carbonyl (C=O) groups is 4. The molecular weight excluding hydrogens is 814 g/mol. The highest BCUT2D eigenvalue weighted by Crippen LogP contribution is 2.37. The van der Waals surface area contributed by atoms with Gasteiger partial charge in [0.15, 0.2) is 25.0 Å². The molecule has 4 aliphatic heterocycles. The van der Waals surface area contributed by atoms with Gasteiger partial charge in [-0.1, -0.05) is 36.8 Å². The number of hydrogen-bond donors (Lipinski definition) is 8. The van der Waals surface area contributed by atoms with E-state index in [1.165, 1.54) is 43.5 Å². The van der Waals surface area contributed by atoms with E-state index in [1.807, 2.05) is 0 Å². The average molecular weight is 866 g/mol. The van der Waals surface area contributed by atoms with Crippen molar-refractivity contribution in [3.8, 4) is 0 Å². The molecule has 0 aromatic heterocycles. The fourth-order valence-electron chi connectivity index (χ4n) is 7.65. The molecule has 2 amide bonds. The normalized spacial score (nSPS) is 35.2. The first kappa shape index (κ1) is 46.5. The number of amides is 2. The molecule has 21 heteroatoms. The van der Waals surface area contributed by atoms with Gasteiger partial charge in [-0.2, -0.15) is 0 Å². The van der Waals surface area contributed by atoms with E-state index in [0.29, 0.717) is 19.3 Å². The van der Waals surface area contributed by atoms with Gasteiger partial charge in [-0.05, 0) is 37.1 Å². The van der Waals surface area contributed by atoms with Crippen LogP contribution in [-0.2, 0) is 42.7 Å². The molecule has 15 atom stereocenters. The Bertz CT molecular complexity index is 1770. The van der Waals surface area contributed by atoms with E-state index in [1.54, 1.807) is 18.2 Å². The molecule has 2 aromatic carbocycles. The largest absolute Gasteiger partial charge is 0.469 e. The quantitative estimate of drug-likeness (QED) is 0.0458. The SMILES string of the molecule is COC(=O)CCCCCO[C@@H]1O[C@H](CO)[C@@H](O[C@@H]2O[C@H](CO)[C@H](O)[C@H](O[C@H]3O[C@H](CO)[C@@H](O)[C@H](O)[C@H]3O)[C@H]2OC(=O)c2ccccc2)[C@H](O)[C@H]1N1C(=O)c2ccccc2C1=O. The summed E-state index contributed by atoms with van der Waals surface area (Å²) in [5.41, 5.74) is 0.0517. The molecule has 8 N–H and O–H groups in total. The zero-order valence-corrected chi connectivity index (χ0v) is 32.9. The molecule has 4 aliphatic rings. The molecule has 6 rings (SSSR count). The minimum Gasteiger partial charge on any atom is -0.469 e. The molecule has 0 unspecified atom stereocenters. The number of nitrogens with zero attached hydrogens (tertiary/aromatic N) is 1. The van der Waals surface area contributed by atoms with E-state index < -0.39 is 136 Å². The Hall–Kier alpha value is -4.04. The first-order valence-corrected chi connectivity index (χ1v) is 19.8. The van der Waals surface area contributed by atoms with Crippen LogP contribution in [0.2, 0.25) is 0 Å². The number of rotatable bonds is 17. The Morgan fingerprint density at radius 2 is 1.20 bits per heavy atom. The van der Waals surface area contributed by atoms with Gasteiger partial charge >= 0.3 is 11.9 Å². The second-order valence-corrected chi connectivity index (χ2v) is 14.8. The van der Waals surface area contributed by atoms with Crippen molar-refractivity contribution >= 4 is 23.8 Å². The van der Waals surface area contributed by atoms with E-state index in [0.717, 1.165) is 4.90 Å². The standard InChI is InChI=1S/C40H51NO20/c1-54-25(45)14-6-3-9-15-55-38-26(41-35(51)20-12-7-8-13-21(20)36(41)52)29(48)32(24(18-44)58-38)60-40-34(59-37(53)19-10-4-2-5-11-19)33(28(47)23(17-43)57-40)61-39-31(50)30(49)27(46)22(16-42)56-39/h2,4-5,7-8,10-13,22-24,26-34,38-40,42-44,46-50H,3,6,9,14-18H2,1H3/t22-,23-,24-,26-,27-,28+,29-,30+,31-,32-,33+,34-,38-,39-,40+/m1/s1. The first-order valence-electron chi connectivity index (χ1n) is 19.8. The highest BCUT2D eigenvalue weighted by atomic mass is 16.8. The fraction of sp³-hybridized carbons (Fsp3) is 0.600. The first-order chi connectivity index (χ1) is 29.3. The molecule has 0 radical (unpaired) electrons. The number of unbranched alkanes of at least 4 members (excludes halogenated alkanes) is 2. The number of esters is 2. The zero-order chi connectivity index (χ0) is 44.0. The number of ether oxygens (including phenoxy) is 8. The van der Waals surface area contributed by atoms with Gasteiger partial charge in [0.25, 0.3) is 11.8 Å². The number of aliphatic hydroxyl groups excluding tert-OH is 8. The minimum absolute atomic E-state index is 0.00291. The summed E-state index contributed by atoms with van der Waals surface area (Å²) in [4.78, 5) is 53.6. The van der Waals surface area contributed by atoms with Gasteiger partial charge in [0, 0.05) is 13.0 Å². The number of carbonyl (C=O) groups excluding carboxylic acids is 4. The van der Waals surface area contributed by atoms with Crippen molar-refractivity contribution in [1.82, 2.24) is 4.90 Å². The summed E-state index contributed by atoms with van der Waals surface area (Å²) in [7, 11) is 1.27. The van der Waals surface area contributed by atoms with Crippen molar-refractivity contribution in [2.45, 2.75) is 118 Å². The molecule has 4 heterocycles. The molecule has 2 aromatic rings. The molecule has 336 valence electrons. The summed E-state index contributed by atoms with van der Waals surface area (Å²) in [5.74, 6) is -3.03. The van der Waals surface area contributed by atoms with E-state index in [4.69, 9.17) is 33.2 Å². The van der Waals surface area contributed by atoms with E-state index in [2.05, 4.69) is 4.74 Å². The number of fused-ring (bicyclic) bond motifs is 1. The maximum absolute atomic E-state index is 13.8. The van der Waals surface area contributed by atoms with Crippen molar-refractivity contribution < 1.29 is 97.9 Å². The van der Waals surface area contributed by atoms with Crippen LogP contribution in [0.25, 0.3) is 0 Å². The maximum Gasteiger partial charge on any atom is 0.338 e. The average Bonchev–Trinajstić information content (AvgIpc) is 3.52. The van der Waals surface area contributed by atoms with Crippen molar-refractivity contribution in [2.75, 3.05) is 33.5 Å². The highest BCUT2D eigenvalue weighted by Gasteiger charge is 2.58. The lowest BCUT2D eigenvalue weighted by Crippen LogP contribution is -2.69. The maximum atomic E-state index is 13.8. The third-order valence-corrected chi connectivity index (χ3v) is 11.0. The lowest BCUT2D eigenvalue weighted by Gasteiger charge is -2.50. The van der Waals surface area contributed by atoms with Crippen LogP contribution in [0, 0.1) is 0 Å². The Morgan fingerprint density at radius 1 is 0.623 bits per heavy atom. The summed E-state index contributed by atoms with van der Waals surface area (Å²) in [6, 6.07) is 11.8. The van der Waals surface area contributed by atoms with Gasteiger partial charge in [-0.25, -0.2) is 4.79 Å². The summed E-state index contributed by atoms with van der Waals surface area (Å²) in [5, 5.41) is 86.1. The van der Waals surface area contributed by atoms with Crippen LogP contribution in [0.5, 0.6) is 0 Å². The Balaban J connectivity index is 1.32. The van der Waals surface area contributed by atoms with Crippen molar-refractivity contribution in [3.05, 3.63) is 71.3 Å².